The topological polar surface area (TPSA) is 106 Å². The summed E-state index contributed by atoms with van der Waals surface area (Å²) in [7, 11) is 2.77. The van der Waals surface area contributed by atoms with E-state index in [4.69, 9.17) is 14.5 Å². The fourth-order valence-electron chi connectivity index (χ4n) is 4.79. The van der Waals surface area contributed by atoms with Crippen LogP contribution in [-0.2, 0) is 19.3 Å². The van der Waals surface area contributed by atoms with Gasteiger partial charge in [0.25, 0.3) is 0 Å². The lowest BCUT2D eigenvalue weighted by atomic mass is 10.1. The molecular formula is C27H25F3N8O2. The standard InChI is InChI=1S/C27H25F3N8O2/c1-4-37-23(35-21(26(37)40-3)27(28,29)30)17-7-5-15(6-8-17)13-38-24-18(12-34-38)11-31-22(36-24)19-20(16-9-10-16)32-14-33-25(19)39-2/h5-8,11-12,14,16H,4,9-10,13H2,1-3H3. The Bertz CT molecular complexity index is 1690. The molecule has 1 saturated carbocycles. The molecule has 206 valence electrons. The van der Waals surface area contributed by atoms with E-state index in [2.05, 4.69) is 25.0 Å². The third kappa shape index (κ3) is 4.50. The molecule has 40 heavy (non-hydrogen) atoms. The first-order valence-electron chi connectivity index (χ1n) is 12.7. The van der Waals surface area contributed by atoms with Gasteiger partial charge >= 0.3 is 6.18 Å². The number of imidazole rings is 1. The summed E-state index contributed by atoms with van der Waals surface area (Å²) in [6.45, 7) is 2.40. The van der Waals surface area contributed by atoms with Gasteiger partial charge in [0.2, 0.25) is 17.5 Å². The minimum Gasteiger partial charge on any atom is -0.481 e. The van der Waals surface area contributed by atoms with Crippen molar-refractivity contribution >= 4 is 11.0 Å². The Morgan fingerprint density at radius 2 is 1.75 bits per heavy atom. The molecule has 4 heterocycles. The van der Waals surface area contributed by atoms with Gasteiger partial charge in [-0.1, -0.05) is 24.3 Å². The highest BCUT2D eigenvalue weighted by Gasteiger charge is 2.40. The molecule has 5 aromatic rings. The summed E-state index contributed by atoms with van der Waals surface area (Å²) in [5.74, 6) is 1.10. The Morgan fingerprint density at radius 1 is 0.975 bits per heavy atom. The molecular weight excluding hydrogens is 525 g/mol. The van der Waals surface area contributed by atoms with Gasteiger partial charge in [0, 0.05) is 24.2 Å². The minimum absolute atomic E-state index is 0.186. The van der Waals surface area contributed by atoms with Crippen molar-refractivity contribution in [3.8, 4) is 34.5 Å². The van der Waals surface area contributed by atoms with Crippen molar-refractivity contribution < 1.29 is 22.6 Å². The van der Waals surface area contributed by atoms with Gasteiger partial charge in [-0.2, -0.15) is 18.3 Å². The lowest BCUT2D eigenvalue weighted by Gasteiger charge is -2.11. The lowest BCUT2D eigenvalue weighted by molar-refractivity contribution is -0.142. The number of nitrogens with zero attached hydrogens (tertiary/aromatic N) is 8. The van der Waals surface area contributed by atoms with E-state index in [0.717, 1.165) is 29.5 Å². The largest absolute Gasteiger partial charge is 0.481 e. The first-order valence-corrected chi connectivity index (χ1v) is 12.7. The van der Waals surface area contributed by atoms with Gasteiger partial charge in [-0.05, 0) is 25.3 Å². The van der Waals surface area contributed by atoms with Crippen LogP contribution in [0.25, 0.3) is 33.8 Å². The van der Waals surface area contributed by atoms with E-state index in [1.807, 2.05) is 12.1 Å². The Balaban J connectivity index is 1.32. The smallest absolute Gasteiger partial charge is 0.438 e. The SMILES string of the molecule is CCn1c(-c2ccc(Cn3ncc4cnc(-c5c(OC)ncnc5C5CC5)nc43)cc2)nc(C(F)(F)F)c1OC. The average Bonchev–Trinajstić information content (AvgIpc) is 3.62. The number of alkyl halides is 3. The summed E-state index contributed by atoms with van der Waals surface area (Å²) >= 11 is 0. The Kier molecular flexibility index (Phi) is 6.35. The molecule has 13 heteroatoms. The van der Waals surface area contributed by atoms with Crippen LogP contribution in [0.15, 0.2) is 43.0 Å². The molecule has 0 saturated heterocycles. The van der Waals surface area contributed by atoms with Gasteiger partial charge in [-0.25, -0.2) is 29.6 Å². The average molecular weight is 551 g/mol. The second kappa shape index (κ2) is 9.88. The maximum absolute atomic E-state index is 13.5. The summed E-state index contributed by atoms with van der Waals surface area (Å²) in [4.78, 5) is 22.0. The minimum atomic E-state index is -4.63. The second-order valence-corrected chi connectivity index (χ2v) is 9.42. The number of halogens is 3. The first kappa shape index (κ1) is 25.7. The number of aromatic nitrogens is 8. The normalized spacial score (nSPS) is 13.7. The van der Waals surface area contributed by atoms with E-state index in [0.29, 0.717) is 40.9 Å². The highest BCUT2D eigenvalue weighted by molar-refractivity contribution is 5.77. The number of rotatable bonds is 8. The molecule has 10 nitrogen and oxygen atoms in total. The predicted octanol–water partition coefficient (Wildman–Crippen LogP) is 5.13. The fourth-order valence-corrected chi connectivity index (χ4v) is 4.79. The molecule has 0 radical (unpaired) electrons. The van der Waals surface area contributed by atoms with Crippen LogP contribution in [0, 0.1) is 0 Å². The molecule has 0 spiro atoms. The van der Waals surface area contributed by atoms with Gasteiger partial charge in [-0.15, -0.1) is 0 Å². The molecule has 0 unspecified atom stereocenters. The van der Waals surface area contributed by atoms with Crippen LogP contribution in [0.3, 0.4) is 0 Å². The summed E-state index contributed by atoms with van der Waals surface area (Å²) in [6, 6.07) is 7.14. The van der Waals surface area contributed by atoms with Crippen LogP contribution in [0.1, 0.15) is 42.6 Å². The summed E-state index contributed by atoms with van der Waals surface area (Å²) in [6.07, 6.45) is 2.37. The predicted molar refractivity (Wildman–Crippen MR) is 139 cm³/mol. The van der Waals surface area contributed by atoms with E-state index < -0.39 is 11.9 Å². The van der Waals surface area contributed by atoms with Gasteiger partial charge in [0.1, 0.15) is 17.7 Å². The van der Waals surface area contributed by atoms with E-state index in [9.17, 15) is 13.2 Å². The quantitative estimate of drug-likeness (QED) is 0.262. The van der Waals surface area contributed by atoms with Crippen LogP contribution >= 0.6 is 0 Å². The fraction of sp³-hybridized carbons (Fsp3) is 0.333. The van der Waals surface area contributed by atoms with Crippen molar-refractivity contribution in [2.24, 2.45) is 0 Å². The molecule has 0 aliphatic heterocycles. The van der Waals surface area contributed by atoms with Crippen molar-refractivity contribution in [1.29, 1.82) is 0 Å². The number of fused-ring (bicyclic) bond motifs is 1. The van der Waals surface area contributed by atoms with Crippen LogP contribution in [0.5, 0.6) is 11.8 Å². The third-order valence-electron chi connectivity index (χ3n) is 6.84. The van der Waals surface area contributed by atoms with Crippen LogP contribution < -0.4 is 9.47 Å². The molecule has 0 N–H and O–H groups in total. The number of benzene rings is 1. The third-order valence-corrected chi connectivity index (χ3v) is 6.84. The van der Waals surface area contributed by atoms with E-state index in [1.165, 1.54) is 18.0 Å². The molecule has 4 aromatic heterocycles. The van der Waals surface area contributed by atoms with E-state index in [-0.39, 0.29) is 18.2 Å². The van der Waals surface area contributed by atoms with Crippen molar-refractivity contribution in [1.82, 2.24) is 39.3 Å². The number of ether oxygens (including phenoxy) is 2. The van der Waals surface area contributed by atoms with Crippen LogP contribution in [-0.4, -0.2) is 53.5 Å². The maximum atomic E-state index is 13.5. The van der Waals surface area contributed by atoms with Crippen molar-refractivity contribution in [3.63, 3.8) is 0 Å². The second-order valence-electron chi connectivity index (χ2n) is 9.42. The molecule has 1 aliphatic carbocycles. The Morgan fingerprint density at radius 3 is 2.40 bits per heavy atom. The summed E-state index contributed by atoms with van der Waals surface area (Å²) in [5.41, 5.74) is 2.57. The number of hydrogen-bond acceptors (Lipinski definition) is 8. The van der Waals surface area contributed by atoms with Crippen molar-refractivity contribution in [2.75, 3.05) is 14.2 Å². The summed E-state index contributed by atoms with van der Waals surface area (Å²) in [5, 5.41) is 5.26. The lowest BCUT2D eigenvalue weighted by Crippen LogP contribution is -2.08. The van der Waals surface area contributed by atoms with Crippen molar-refractivity contribution in [2.45, 2.75) is 44.9 Å². The first-order chi connectivity index (χ1) is 19.3. The highest BCUT2D eigenvalue weighted by Crippen LogP contribution is 2.45. The monoisotopic (exact) mass is 550 g/mol. The van der Waals surface area contributed by atoms with Crippen molar-refractivity contribution in [3.05, 3.63) is 59.9 Å². The molecule has 0 amide bonds. The molecule has 1 fully saturated rings. The molecule has 1 aliphatic rings. The molecule has 0 bridgehead atoms. The van der Waals surface area contributed by atoms with Gasteiger partial charge < -0.3 is 9.47 Å². The zero-order valence-electron chi connectivity index (χ0n) is 22.0. The maximum Gasteiger partial charge on any atom is 0.438 e. The van der Waals surface area contributed by atoms with Gasteiger partial charge in [-0.3, -0.25) is 4.57 Å². The Hall–Kier alpha value is -4.55. The van der Waals surface area contributed by atoms with E-state index >= 15 is 0 Å². The molecule has 0 atom stereocenters. The zero-order valence-corrected chi connectivity index (χ0v) is 22.0. The Labute approximate surface area is 226 Å². The number of hydrogen-bond donors (Lipinski definition) is 0. The van der Waals surface area contributed by atoms with E-state index in [1.54, 1.807) is 43.2 Å². The zero-order chi connectivity index (χ0) is 28.0. The van der Waals surface area contributed by atoms with Gasteiger partial charge in [0.05, 0.1) is 38.0 Å². The van der Waals surface area contributed by atoms with Crippen LogP contribution in [0.4, 0.5) is 13.2 Å². The van der Waals surface area contributed by atoms with Gasteiger partial charge in [0.15, 0.2) is 11.5 Å². The summed E-state index contributed by atoms with van der Waals surface area (Å²) < 4.78 is 54.3. The number of methoxy groups -OCH3 is 2. The highest BCUT2D eigenvalue weighted by atomic mass is 19.4. The van der Waals surface area contributed by atoms with Crippen LogP contribution in [0.2, 0.25) is 0 Å². The molecule has 1 aromatic carbocycles. The molecule has 6 rings (SSSR count).